The van der Waals surface area contributed by atoms with Crippen molar-refractivity contribution in [2.24, 2.45) is 5.92 Å². The van der Waals surface area contributed by atoms with E-state index < -0.39 is 46.7 Å². The van der Waals surface area contributed by atoms with Crippen LogP contribution >= 0.6 is 0 Å². The summed E-state index contributed by atoms with van der Waals surface area (Å²) in [6.45, 7) is 1.09. The quantitative estimate of drug-likeness (QED) is 0.195. The Morgan fingerprint density at radius 3 is 2.27 bits per heavy atom. The van der Waals surface area contributed by atoms with E-state index in [0.29, 0.717) is 29.3 Å². The van der Waals surface area contributed by atoms with E-state index in [4.69, 9.17) is 4.98 Å². The number of aryl methyl sites for hydroxylation is 1. The number of hydrogen-bond acceptors (Lipinski definition) is 3. The molecule has 1 fully saturated rings. The van der Waals surface area contributed by atoms with Gasteiger partial charge in [-0.1, -0.05) is 32.1 Å². The summed E-state index contributed by atoms with van der Waals surface area (Å²) in [6.07, 6.45) is 7.96. The van der Waals surface area contributed by atoms with Crippen molar-refractivity contribution in [2.45, 2.75) is 58.3 Å². The number of rotatable bonds is 7. The maximum atomic E-state index is 14.4. The Hall–Kier alpha value is -3.36. The lowest BCUT2D eigenvalue weighted by Gasteiger charge is -2.23. The zero-order valence-corrected chi connectivity index (χ0v) is 20.8. The maximum Gasteiger partial charge on any atom is 0.232 e. The largest absolute Gasteiger partial charge is 0.298 e. The van der Waals surface area contributed by atoms with E-state index >= 15 is 0 Å². The van der Waals surface area contributed by atoms with E-state index in [2.05, 4.69) is 4.98 Å². The van der Waals surface area contributed by atoms with Gasteiger partial charge in [0.2, 0.25) is 5.91 Å². The van der Waals surface area contributed by atoms with Gasteiger partial charge < -0.3 is 0 Å². The second-order valence-corrected chi connectivity index (χ2v) is 9.56. The molecule has 3 aromatic rings. The minimum absolute atomic E-state index is 0.243. The molecule has 1 heterocycles. The van der Waals surface area contributed by atoms with Crippen LogP contribution in [-0.4, -0.2) is 22.9 Å². The van der Waals surface area contributed by atoms with Crippen LogP contribution in [0.5, 0.6) is 0 Å². The third-order valence-corrected chi connectivity index (χ3v) is 7.12. The summed E-state index contributed by atoms with van der Waals surface area (Å²) in [5.41, 5.74) is 0.689. The summed E-state index contributed by atoms with van der Waals surface area (Å²) in [5, 5.41) is 0. The van der Waals surface area contributed by atoms with Crippen LogP contribution in [0, 0.1) is 41.9 Å². The average molecular weight is 518 g/mol. The Bertz CT molecular complexity index is 1260. The Labute approximate surface area is 212 Å². The zero-order valence-electron chi connectivity index (χ0n) is 20.8. The first-order valence-electron chi connectivity index (χ1n) is 12.4. The predicted molar refractivity (Wildman–Crippen MR) is 130 cm³/mol. The van der Waals surface area contributed by atoms with Crippen molar-refractivity contribution in [3.8, 4) is 11.3 Å². The van der Waals surface area contributed by atoms with Gasteiger partial charge in [-0.25, -0.2) is 31.9 Å². The smallest absolute Gasteiger partial charge is 0.232 e. The maximum absolute atomic E-state index is 14.4. The van der Waals surface area contributed by atoms with Crippen LogP contribution < -0.4 is 4.90 Å². The minimum atomic E-state index is -1.95. The summed E-state index contributed by atoms with van der Waals surface area (Å²) in [4.78, 5) is 23.4. The van der Waals surface area contributed by atoms with E-state index in [9.17, 15) is 26.7 Å². The van der Waals surface area contributed by atoms with Gasteiger partial charge in [0, 0.05) is 18.2 Å². The molecule has 0 atom stereocenters. The predicted octanol–water partition coefficient (Wildman–Crippen LogP) is 6.87. The van der Waals surface area contributed by atoms with Crippen LogP contribution in [0.15, 0.2) is 30.5 Å². The average Bonchev–Trinajstić information content (AvgIpc) is 2.92. The standard InChI is InChI=1S/C28H28F5N3O/c1-16-20(25(31)27(33)26(32)24(16)30)14-23(37)36(2)28-21(13-8-17-6-4-3-5-7-17)35-22(15-34-28)18-9-11-19(29)12-10-18/h9-12,15,17H,3-8,13-14H2,1-2H3. The highest BCUT2D eigenvalue weighted by atomic mass is 19.2. The molecule has 0 radical (unpaired) electrons. The van der Waals surface area contributed by atoms with Crippen molar-refractivity contribution in [2.75, 3.05) is 11.9 Å². The lowest BCUT2D eigenvalue weighted by atomic mass is 9.86. The molecule has 0 spiro atoms. The molecule has 1 saturated carbocycles. The molecule has 1 amide bonds. The fourth-order valence-corrected chi connectivity index (χ4v) is 4.83. The van der Waals surface area contributed by atoms with E-state index in [1.165, 1.54) is 49.5 Å². The molecule has 1 aliphatic carbocycles. The molecule has 196 valence electrons. The fourth-order valence-electron chi connectivity index (χ4n) is 4.83. The molecular weight excluding hydrogens is 489 g/mol. The molecular formula is C28H28F5N3O. The van der Waals surface area contributed by atoms with Gasteiger partial charge in [-0.2, -0.15) is 0 Å². The van der Waals surface area contributed by atoms with Crippen LogP contribution in [0.25, 0.3) is 11.3 Å². The first kappa shape index (κ1) is 26.7. The van der Waals surface area contributed by atoms with Crippen LogP contribution in [0.1, 0.15) is 55.3 Å². The van der Waals surface area contributed by atoms with E-state index in [1.54, 1.807) is 12.1 Å². The van der Waals surface area contributed by atoms with Gasteiger partial charge in [-0.15, -0.1) is 0 Å². The normalized spacial score (nSPS) is 14.1. The number of nitrogens with zero attached hydrogens (tertiary/aromatic N) is 3. The first-order chi connectivity index (χ1) is 17.7. The summed E-state index contributed by atoms with van der Waals surface area (Å²) >= 11 is 0. The molecule has 1 aromatic heterocycles. The lowest BCUT2D eigenvalue weighted by Crippen LogP contribution is -2.31. The number of hydrogen-bond donors (Lipinski definition) is 0. The lowest BCUT2D eigenvalue weighted by molar-refractivity contribution is -0.117. The monoisotopic (exact) mass is 517 g/mol. The molecule has 1 aliphatic rings. The molecule has 0 unspecified atom stereocenters. The second-order valence-electron chi connectivity index (χ2n) is 9.56. The van der Waals surface area contributed by atoms with Crippen molar-refractivity contribution in [3.63, 3.8) is 0 Å². The number of aromatic nitrogens is 2. The SMILES string of the molecule is Cc1c(F)c(F)c(F)c(F)c1CC(=O)N(C)c1ncc(-c2ccc(F)cc2)nc1CCC1CCCCC1. The summed E-state index contributed by atoms with van der Waals surface area (Å²) in [5.74, 6) is -7.28. The molecule has 9 heteroatoms. The summed E-state index contributed by atoms with van der Waals surface area (Å²) in [7, 11) is 1.43. The van der Waals surface area contributed by atoms with Gasteiger partial charge in [0.1, 0.15) is 5.82 Å². The van der Waals surface area contributed by atoms with E-state index in [-0.39, 0.29) is 11.6 Å². The molecule has 4 nitrogen and oxygen atoms in total. The number of carbonyl (C=O) groups excluding carboxylic acids is 1. The van der Waals surface area contributed by atoms with Crippen molar-refractivity contribution < 1.29 is 26.7 Å². The molecule has 0 N–H and O–H groups in total. The number of carbonyl (C=O) groups is 1. The highest BCUT2D eigenvalue weighted by molar-refractivity contribution is 5.94. The molecule has 0 saturated heterocycles. The molecule has 4 rings (SSSR count). The van der Waals surface area contributed by atoms with E-state index in [1.807, 2.05) is 0 Å². The third kappa shape index (κ3) is 5.81. The van der Waals surface area contributed by atoms with Gasteiger partial charge in [0.05, 0.1) is 24.0 Å². The number of likely N-dealkylation sites (N-methyl/N-ethyl adjacent to an activating group) is 1. The number of halogens is 5. The molecule has 37 heavy (non-hydrogen) atoms. The Morgan fingerprint density at radius 1 is 0.946 bits per heavy atom. The number of anilines is 1. The highest BCUT2D eigenvalue weighted by Gasteiger charge is 2.27. The Balaban J connectivity index is 1.64. The summed E-state index contributed by atoms with van der Waals surface area (Å²) < 4.78 is 69.2. The zero-order chi connectivity index (χ0) is 26.7. The van der Waals surface area contributed by atoms with Crippen molar-refractivity contribution in [1.82, 2.24) is 9.97 Å². The van der Waals surface area contributed by atoms with Crippen LogP contribution in [-0.2, 0) is 17.6 Å². The molecule has 0 aliphatic heterocycles. The Morgan fingerprint density at radius 2 is 1.59 bits per heavy atom. The summed E-state index contributed by atoms with van der Waals surface area (Å²) in [6, 6.07) is 5.81. The number of benzene rings is 2. The van der Waals surface area contributed by atoms with Crippen LogP contribution in [0.3, 0.4) is 0 Å². The molecule has 0 bridgehead atoms. The van der Waals surface area contributed by atoms with Gasteiger partial charge in [-0.05, 0) is 55.5 Å². The highest BCUT2D eigenvalue weighted by Crippen LogP contribution is 2.30. The van der Waals surface area contributed by atoms with Crippen LogP contribution in [0.2, 0.25) is 0 Å². The molecule has 2 aromatic carbocycles. The third-order valence-electron chi connectivity index (χ3n) is 7.12. The first-order valence-corrected chi connectivity index (χ1v) is 12.4. The fraction of sp³-hybridized carbons (Fsp3) is 0.393. The number of amides is 1. The van der Waals surface area contributed by atoms with Gasteiger partial charge in [0.15, 0.2) is 29.1 Å². The topological polar surface area (TPSA) is 46.1 Å². The minimum Gasteiger partial charge on any atom is -0.298 e. The Kier molecular flexibility index (Phi) is 8.19. The van der Waals surface area contributed by atoms with Crippen molar-refractivity contribution in [1.29, 1.82) is 0 Å². The van der Waals surface area contributed by atoms with Crippen molar-refractivity contribution in [3.05, 3.63) is 76.4 Å². The van der Waals surface area contributed by atoms with Crippen LogP contribution in [0.4, 0.5) is 27.8 Å². The van der Waals surface area contributed by atoms with E-state index in [0.717, 1.165) is 26.2 Å². The van der Waals surface area contributed by atoms with Gasteiger partial charge in [0.25, 0.3) is 0 Å². The van der Waals surface area contributed by atoms with Gasteiger partial charge >= 0.3 is 0 Å². The second kappa shape index (κ2) is 11.4. The van der Waals surface area contributed by atoms with Crippen molar-refractivity contribution >= 4 is 11.7 Å². The van der Waals surface area contributed by atoms with Gasteiger partial charge in [-0.3, -0.25) is 9.69 Å².